The maximum atomic E-state index is 12.4. The van der Waals surface area contributed by atoms with Crippen LogP contribution in [0.1, 0.15) is 19.3 Å². The van der Waals surface area contributed by atoms with Gasteiger partial charge in [-0.25, -0.2) is 4.68 Å². The van der Waals surface area contributed by atoms with Crippen molar-refractivity contribution >= 4 is 23.2 Å². The van der Waals surface area contributed by atoms with E-state index in [2.05, 4.69) is 10.4 Å². The van der Waals surface area contributed by atoms with Crippen molar-refractivity contribution in [2.75, 3.05) is 5.32 Å². The standard InChI is InChI=1S/C15H17ClN4O/c16-10-5-6-14(20-8-2-7-18-20)13(9-10)19-15(21)11-3-1-4-12(11)17/h2,5-9,11-12H,1,3-4,17H2,(H,19,21). The molecule has 2 unspecified atom stereocenters. The number of carbonyl (C=O) groups excluding carboxylic acids is 1. The second kappa shape index (κ2) is 5.87. The van der Waals surface area contributed by atoms with Crippen LogP contribution in [0.25, 0.3) is 5.69 Å². The third-order valence-corrected chi connectivity index (χ3v) is 4.11. The normalized spacial score (nSPS) is 21.4. The maximum absolute atomic E-state index is 12.4. The summed E-state index contributed by atoms with van der Waals surface area (Å²) in [5.41, 5.74) is 7.42. The van der Waals surface area contributed by atoms with E-state index >= 15 is 0 Å². The van der Waals surface area contributed by atoms with E-state index in [0.717, 1.165) is 24.9 Å². The topological polar surface area (TPSA) is 72.9 Å². The van der Waals surface area contributed by atoms with Crippen LogP contribution in [-0.4, -0.2) is 21.7 Å². The number of aromatic nitrogens is 2. The molecule has 1 aromatic heterocycles. The minimum Gasteiger partial charge on any atom is -0.327 e. The zero-order chi connectivity index (χ0) is 14.8. The average molecular weight is 305 g/mol. The fourth-order valence-corrected chi connectivity index (χ4v) is 2.93. The number of hydrogen-bond acceptors (Lipinski definition) is 3. The molecule has 1 heterocycles. The molecule has 110 valence electrons. The number of hydrogen-bond donors (Lipinski definition) is 2. The van der Waals surface area contributed by atoms with Crippen molar-refractivity contribution in [3.8, 4) is 5.69 Å². The number of rotatable bonds is 3. The molecule has 0 spiro atoms. The number of anilines is 1. The minimum absolute atomic E-state index is 0.0457. The molecule has 21 heavy (non-hydrogen) atoms. The van der Waals surface area contributed by atoms with Crippen molar-refractivity contribution in [2.45, 2.75) is 25.3 Å². The van der Waals surface area contributed by atoms with E-state index in [1.54, 1.807) is 23.0 Å². The first-order chi connectivity index (χ1) is 10.1. The molecule has 2 atom stereocenters. The van der Waals surface area contributed by atoms with Crippen molar-refractivity contribution in [3.05, 3.63) is 41.7 Å². The molecule has 0 aliphatic heterocycles. The van der Waals surface area contributed by atoms with Gasteiger partial charge in [0.2, 0.25) is 5.91 Å². The summed E-state index contributed by atoms with van der Waals surface area (Å²) in [5, 5.41) is 7.71. The van der Waals surface area contributed by atoms with Crippen LogP contribution in [0.2, 0.25) is 5.02 Å². The van der Waals surface area contributed by atoms with E-state index in [1.165, 1.54) is 0 Å². The van der Waals surface area contributed by atoms with Gasteiger partial charge in [0.15, 0.2) is 0 Å². The molecule has 5 nitrogen and oxygen atoms in total. The van der Waals surface area contributed by atoms with E-state index in [-0.39, 0.29) is 17.9 Å². The van der Waals surface area contributed by atoms with Gasteiger partial charge in [-0.3, -0.25) is 4.79 Å². The Labute approximate surface area is 128 Å². The number of nitrogens with zero attached hydrogens (tertiary/aromatic N) is 2. The van der Waals surface area contributed by atoms with Crippen LogP contribution in [0.5, 0.6) is 0 Å². The second-order valence-electron chi connectivity index (χ2n) is 5.30. The lowest BCUT2D eigenvalue weighted by Gasteiger charge is -2.17. The van der Waals surface area contributed by atoms with Gasteiger partial charge >= 0.3 is 0 Å². The number of nitrogens with one attached hydrogen (secondary N) is 1. The molecule has 0 radical (unpaired) electrons. The number of amides is 1. The van der Waals surface area contributed by atoms with Gasteiger partial charge in [-0.1, -0.05) is 18.0 Å². The summed E-state index contributed by atoms with van der Waals surface area (Å²) in [7, 11) is 0. The fraction of sp³-hybridized carbons (Fsp3) is 0.333. The van der Waals surface area contributed by atoms with Crippen LogP contribution in [0.15, 0.2) is 36.7 Å². The van der Waals surface area contributed by atoms with Gasteiger partial charge in [-0.05, 0) is 37.1 Å². The smallest absolute Gasteiger partial charge is 0.229 e. The summed E-state index contributed by atoms with van der Waals surface area (Å²) in [6.45, 7) is 0. The van der Waals surface area contributed by atoms with Gasteiger partial charge in [-0.2, -0.15) is 5.10 Å². The lowest BCUT2D eigenvalue weighted by molar-refractivity contribution is -0.120. The molecular formula is C15H17ClN4O. The van der Waals surface area contributed by atoms with Crippen LogP contribution in [0.4, 0.5) is 5.69 Å². The Bertz CT molecular complexity index is 641. The summed E-state index contributed by atoms with van der Waals surface area (Å²) in [6.07, 6.45) is 6.25. The van der Waals surface area contributed by atoms with Crippen molar-refractivity contribution in [3.63, 3.8) is 0 Å². The van der Waals surface area contributed by atoms with Crippen LogP contribution in [-0.2, 0) is 4.79 Å². The first-order valence-corrected chi connectivity index (χ1v) is 7.39. The van der Waals surface area contributed by atoms with E-state index in [4.69, 9.17) is 17.3 Å². The lowest BCUT2D eigenvalue weighted by atomic mass is 10.0. The zero-order valence-corrected chi connectivity index (χ0v) is 12.3. The van der Waals surface area contributed by atoms with E-state index in [9.17, 15) is 4.79 Å². The summed E-state index contributed by atoms with van der Waals surface area (Å²) in [5.74, 6) is -0.176. The fourth-order valence-electron chi connectivity index (χ4n) is 2.76. The predicted octanol–water partition coefficient (Wildman–Crippen LogP) is 2.59. The molecule has 3 rings (SSSR count). The van der Waals surface area contributed by atoms with Gasteiger partial charge in [-0.15, -0.1) is 0 Å². The summed E-state index contributed by atoms with van der Waals surface area (Å²) >= 11 is 6.04. The first kappa shape index (κ1) is 14.1. The number of halogens is 1. The monoisotopic (exact) mass is 304 g/mol. The molecule has 1 aromatic carbocycles. The Morgan fingerprint density at radius 1 is 1.43 bits per heavy atom. The SMILES string of the molecule is NC1CCCC1C(=O)Nc1cc(Cl)ccc1-n1cccn1. The third-order valence-electron chi connectivity index (χ3n) is 3.87. The Morgan fingerprint density at radius 3 is 2.95 bits per heavy atom. The molecule has 1 saturated carbocycles. The maximum Gasteiger partial charge on any atom is 0.229 e. The molecule has 1 aliphatic carbocycles. The summed E-state index contributed by atoms with van der Waals surface area (Å²) in [4.78, 5) is 12.4. The van der Waals surface area contributed by atoms with Crippen molar-refractivity contribution < 1.29 is 4.79 Å². The number of nitrogens with two attached hydrogens (primary N) is 1. The molecule has 0 bridgehead atoms. The molecule has 1 fully saturated rings. The highest BCUT2D eigenvalue weighted by molar-refractivity contribution is 6.31. The van der Waals surface area contributed by atoms with E-state index in [0.29, 0.717) is 10.7 Å². The largest absolute Gasteiger partial charge is 0.327 e. The highest BCUT2D eigenvalue weighted by Crippen LogP contribution is 2.28. The Balaban J connectivity index is 1.87. The highest BCUT2D eigenvalue weighted by atomic mass is 35.5. The van der Waals surface area contributed by atoms with Crippen molar-refractivity contribution in [1.29, 1.82) is 0 Å². The summed E-state index contributed by atoms with van der Waals surface area (Å²) < 4.78 is 1.69. The molecular weight excluding hydrogens is 288 g/mol. The highest BCUT2D eigenvalue weighted by Gasteiger charge is 2.30. The zero-order valence-electron chi connectivity index (χ0n) is 11.5. The van der Waals surface area contributed by atoms with Gasteiger partial charge in [0.25, 0.3) is 0 Å². The molecule has 3 N–H and O–H groups in total. The first-order valence-electron chi connectivity index (χ1n) is 7.01. The summed E-state index contributed by atoms with van der Waals surface area (Å²) in [6, 6.07) is 7.11. The van der Waals surface area contributed by atoms with Crippen molar-refractivity contribution in [1.82, 2.24) is 9.78 Å². The quantitative estimate of drug-likeness (QED) is 0.915. The third kappa shape index (κ3) is 2.94. The second-order valence-corrected chi connectivity index (χ2v) is 5.74. The van der Waals surface area contributed by atoms with Crippen LogP contribution in [0.3, 0.4) is 0 Å². The molecule has 0 saturated heterocycles. The Morgan fingerprint density at radius 2 is 2.29 bits per heavy atom. The molecule has 1 aliphatic rings. The molecule has 2 aromatic rings. The van der Waals surface area contributed by atoms with E-state index in [1.807, 2.05) is 18.3 Å². The van der Waals surface area contributed by atoms with Gasteiger partial charge in [0.1, 0.15) is 0 Å². The predicted molar refractivity (Wildman–Crippen MR) is 82.5 cm³/mol. The van der Waals surface area contributed by atoms with Crippen molar-refractivity contribution in [2.24, 2.45) is 11.7 Å². The van der Waals surface area contributed by atoms with Gasteiger partial charge in [0, 0.05) is 23.5 Å². The Hall–Kier alpha value is -1.85. The van der Waals surface area contributed by atoms with Gasteiger partial charge < -0.3 is 11.1 Å². The van der Waals surface area contributed by atoms with Gasteiger partial charge in [0.05, 0.1) is 17.3 Å². The lowest BCUT2D eigenvalue weighted by Crippen LogP contribution is -2.34. The number of carbonyl (C=O) groups is 1. The molecule has 6 heteroatoms. The van der Waals surface area contributed by atoms with Crippen LogP contribution < -0.4 is 11.1 Å². The van der Waals surface area contributed by atoms with Crippen LogP contribution >= 0.6 is 11.6 Å². The molecule has 1 amide bonds. The minimum atomic E-state index is -0.130. The van der Waals surface area contributed by atoms with E-state index < -0.39 is 0 Å². The average Bonchev–Trinajstić information content (AvgIpc) is 3.10. The number of benzene rings is 1. The Kier molecular flexibility index (Phi) is 3.94. The van der Waals surface area contributed by atoms with Crippen LogP contribution in [0, 0.1) is 5.92 Å².